The van der Waals surface area contributed by atoms with Gasteiger partial charge in [-0.3, -0.25) is 10.1 Å². The monoisotopic (exact) mass is 196 g/mol. The van der Waals surface area contributed by atoms with E-state index in [0.29, 0.717) is 11.4 Å². The maximum absolute atomic E-state index is 10.5. The Morgan fingerprint density at radius 2 is 2.14 bits per heavy atom. The number of benzene rings is 1. The second-order valence-electron chi connectivity index (χ2n) is 3.15. The third-order valence-electron chi connectivity index (χ3n) is 1.57. The number of hydrogen-bond donors (Lipinski definition) is 1. The van der Waals surface area contributed by atoms with Gasteiger partial charge in [-0.15, -0.1) is 0 Å². The summed E-state index contributed by atoms with van der Waals surface area (Å²) in [6.45, 7) is 3.66. The highest BCUT2D eigenvalue weighted by molar-refractivity contribution is 5.57. The van der Waals surface area contributed by atoms with Crippen LogP contribution in [0.3, 0.4) is 0 Å². The van der Waals surface area contributed by atoms with Crippen LogP contribution in [-0.2, 0) is 0 Å². The number of hydrogen-bond acceptors (Lipinski definition) is 4. The lowest BCUT2D eigenvalue weighted by molar-refractivity contribution is -0.384. The molecule has 0 aliphatic heterocycles. The molecule has 0 saturated carbocycles. The fourth-order valence-electron chi connectivity index (χ4n) is 0.993. The van der Waals surface area contributed by atoms with Gasteiger partial charge in [0.05, 0.1) is 22.8 Å². The van der Waals surface area contributed by atoms with Crippen molar-refractivity contribution in [3.05, 3.63) is 28.3 Å². The van der Waals surface area contributed by atoms with Crippen LogP contribution < -0.4 is 10.5 Å². The van der Waals surface area contributed by atoms with Crippen molar-refractivity contribution >= 4 is 11.4 Å². The Labute approximate surface area is 81.6 Å². The van der Waals surface area contributed by atoms with Gasteiger partial charge in [0.2, 0.25) is 0 Å². The summed E-state index contributed by atoms with van der Waals surface area (Å²) in [6.07, 6.45) is -0.0562. The molecule has 0 aromatic heterocycles. The zero-order chi connectivity index (χ0) is 10.7. The number of rotatable bonds is 3. The Bertz CT molecular complexity index is 350. The molecule has 0 spiro atoms. The summed E-state index contributed by atoms with van der Waals surface area (Å²) in [5.41, 5.74) is 5.98. The van der Waals surface area contributed by atoms with Crippen LogP contribution in [0.5, 0.6) is 5.75 Å². The lowest BCUT2D eigenvalue weighted by Gasteiger charge is -2.11. The van der Waals surface area contributed by atoms with Gasteiger partial charge >= 0.3 is 0 Å². The Balaban J connectivity index is 3.02. The molecular formula is C9H12N2O3. The zero-order valence-electron chi connectivity index (χ0n) is 8.06. The molecule has 0 aliphatic rings. The van der Waals surface area contributed by atoms with Gasteiger partial charge in [0.1, 0.15) is 5.75 Å². The molecule has 14 heavy (non-hydrogen) atoms. The molecule has 0 bridgehead atoms. The maximum Gasteiger partial charge on any atom is 0.273 e. The van der Waals surface area contributed by atoms with E-state index in [-0.39, 0.29) is 11.8 Å². The quantitative estimate of drug-likeness (QED) is 0.455. The number of ether oxygens (including phenoxy) is 1. The first-order valence-electron chi connectivity index (χ1n) is 4.21. The van der Waals surface area contributed by atoms with Gasteiger partial charge in [-0.2, -0.15) is 0 Å². The fraction of sp³-hybridized carbons (Fsp3) is 0.333. The van der Waals surface area contributed by atoms with Gasteiger partial charge in [0.15, 0.2) is 0 Å². The Morgan fingerprint density at radius 3 is 2.64 bits per heavy atom. The van der Waals surface area contributed by atoms with Crippen LogP contribution in [-0.4, -0.2) is 11.0 Å². The Hall–Kier alpha value is -1.78. The third-order valence-corrected chi connectivity index (χ3v) is 1.57. The van der Waals surface area contributed by atoms with Crippen molar-refractivity contribution in [1.29, 1.82) is 0 Å². The smallest absolute Gasteiger partial charge is 0.273 e. The summed E-state index contributed by atoms with van der Waals surface area (Å²) in [6, 6.07) is 4.15. The first-order chi connectivity index (χ1) is 6.50. The third kappa shape index (κ3) is 2.35. The van der Waals surface area contributed by atoms with Crippen LogP contribution in [0.15, 0.2) is 18.2 Å². The molecule has 5 nitrogen and oxygen atoms in total. The van der Waals surface area contributed by atoms with Gasteiger partial charge in [-0.05, 0) is 19.9 Å². The van der Waals surface area contributed by atoms with E-state index in [9.17, 15) is 10.1 Å². The highest BCUT2D eigenvalue weighted by Gasteiger charge is 2.10. The van der Waals surface area contributed by atoms with E-state index in [1.807, 2.05) is 13.8 Å². The number of nitro groups is 1. The van der Waals surface area contributed by atoms with Crippen molar-refractivity contribution in [3.63, 3.8) is 0 Å². The second kappa shape index (κ2) is 3.95. The van der Waals surface area contributed by atoms with Crippen molar-refractivity contribution in [1.82, 2.24) is 0 Å². The molecule has 2 N–H and O–H groups in total. The van der Waals surface area contributed by atoms with E-state index < -0.39 is 4.92 Å². The van der Waals surface area contributed by atoms with Crippen molar-refractivity contribution in [2.75, 3.05) is 5.73 Å². The van der Waals surface area contributed by atoms with Crippen molar-refractivity contribution < 1.29 is 9.66 Å². The van der Waals surface area contributed by atoms with Crippen LogP contribution in [0.4, 0.5) is 11.4 Å². The van der Waals surface area contributed by atoms with Crippen LogP contribution in [0, 0.1) is 10.1 Å². The molecular weight excluding hydrogens is 184 g/mol. The lowest BCUT2D eigenvalue weighted by Crippen LogP contribution is -2.07. The minimum atomic E-state index is -0.480. The van der Waals surface area contributed by atoms with E-state index in [1.54, 1.807) is 0 Å². The second-order valence-corrected chi connectivity index (χ2v) is 3.15. The van der Waals surface area contributed by atoms with Crippen molar-refractivity contribution in [3.8, 4) is 5.75 Å². The predicted molar refractivity (Wildman–Crippen MR) is 53.3 cm³/mol. The molecule has 0 atom stereocenters. The van der Waals surface area contributed by atoms with E-state index >= 15 is 0 Å². The Kier molecular flexibility index (Phi) is 2.91. The van der Waals surface area contributed by atoms with Gasteiger partial charge in [-0.25, -0.2) is 0 Å². The molecule has 0 heterocycles. The zero-order valence-corrected chi connectivity index (χ0v) is 8.06. The molecule has 0 unspecified atom stereocenters. The number of non-ortho nitro benzene ring substituents is 1. The number of nitrogen functional groups attached to an aromatic ring is 1. The SMILES string of the molecule is CC(C)Oc1cc([N+](=O)[O-])ccc1N. The highest BCUT2D eigenvalue weighted by atomic mass is 16.6. The first-order valence-corrected chi connectivity index (χ1v) is 4.21. The number of anilines is 1. The number of nitrogens with zero attached hydrogens (tertiary/aromatic N) is 1. The molecule has 1 rings (SSSR count). The van der Waals surface area contributed by atoms with Crippen LogP contribution >= 0.6 is 0 Å². The van der Waals surface area contributed by atoms with E-state index in [1.165, 1.54) is 18.2 Å². The summed E-state index contributed by atoms with van der Waals surface area (Å²) >= 11 is 0. The average molecular weight is 196 g/mol. The largest absolute Gasteiger partial charge is 0.489 e. The van der Waals surface area contributed by atoms with Crippen molar-refractivity contribution in [2.45, 2.75) is 20.0 Å². The first kappa shape index (κ1) is 10.3. The molecule has 0 aliphatic carbocycles. The summed E-state index contributed by atoms with van der Waals surface area (Å²) in [7, 11) is 0. The molecule has 1 aromatic rings. The normalized spacial score (nSPS) is 10.2. The maximum atomic E-state index is 10.5. The van der Waals surface area contributed by atoms with Crippen LogP contribution in [0.1, 0.15) is 13.8 Å². The van der Waals surface area contributed by atoms with Crippen LogP contribution in [0.2, 0.25) is 0 Å². The molecule has 1 aromatic carbocycles. The number of nitrogens with two attached hydrogens (primary N) is 1. The van der Waals surface area contributed by atoms with Crippen LogP contribution in [0.25, 0.3) is 0 Å². The predicted octanol–water partition coefficient (Wildman–Crippen LogP) is 1.96. The van der Waals surface area contributed by atoms with E-state index in [0.717, 1.165) is 0 Å². The summed E-state index contributed by atoms with van der Waals surface area (Å²) in [5.74, 6) is 0.356. The average Bonchev–Trinajstić information content (AvgIpc) is 2.07. The lowest BCUT2D eigenvalue weighted by atomic mass is 10.2. The molecule has 0 radical (unpaired) electrons. The Morgan fingerprint density at radius 1 is 1.50 bits per heavy atom. The van der Waals surface area contributed by atoms with E-state index in [4.69, 9.17) is 10.5 Å². The van der Waals surface area contributed by atoms with Gasteiger partial charge in [0, 0.05) is 6.07 Å². The van der Waals surface area contributed by atoms with E-state index in [2.05, 4.69) is 0 Å². The minimum absolute atomic E-state index is 0.0187. The van der Waals surface area contributed by atoms with Crippen molar-refractivity contribution in [2.24, 2.45) is 0 Å². The topological polar surface area (TPSA) is 78.4 Å². The summed E-state index contributed by atoms with van der Waals surface area (Å²) < 4.78 is 5.31. The van der Waals surface area contributed by atoms with Gasteiger partial charge < -0.3 is 10.5 Å². The molecule has 5 heteroatoms. The molecule has 0 fully saturated rings. The summed E-state index contributed by atoms with van der Waals surface area (Å²) in [4.78, 5) is 9.98. The summed E-state index contributed by atoms with van der Waals surface area (Å²) in [5, 5.41) is 10.5. The highest BCUT2D eigenvalue weighted by Crippen LogP contribution is 2.27. The van der Waals surface area contributed by atoms with Gasteiger partial charge in [0.25, 0.3) is 5.69 Å². The molecule has 76 valence electrons. The number of nitro benzene ring substituents is 1. The molecule has 0 saturated heterocycles. The minimum Gasteiger partial charge on any atom is -0.489 e. The standard InChI is InChI=1S/C9H12N2O3/c1-6(2)14-9-5-7(11(12)13)3-4-8(9)10/h3-6H,10H2,1-2H3. The van der Waals surface area contributed by atoms with Gasteiger partial charge in [-0.1, -0.05) is 0 Å². The fourth-order valence-corrected chi connectivity index (χ4v) is 0.993. The molecule has 0 amide bonds.